The second kappa shape index (κ2) is 7.19. The van der Waals surface area contributed by atoms with Crippen molar-refractivity contribution in [1.29, 1.82) is 0 Å². The summed E-state index contributed by atoms with van der Waals surface area (Å²) in [7, 11) is 0. The summed E-state index contributed by atoms with van der Waals surface area (Å²) in [6, 6.07) is 7.20. The monoisotopic (exact) mass is 294 g/mol. The number of para-hydroxylation sites is 2. The third-order valence-electron chi connectivity index (χ3n) is 2.92. The van der Waals surface area contributed by atoms with Crippen molar-refractivity contribution in [2.45, 2.75) is 18.9 Å². The van der Waals surface area contributed by atoms with Gasteiger partial charge in [0.1, 0.15) is 5.75 Å². The minimum absolute atomic E-state index is 0.0411. The fraction of sp³-hybridized carbons (Fsp3) is 0.429. The molecule has 108 valence electrons. The Hall–Kier alpha value is -1.69. The van der Waals surface area contributed by atoms with Gasteiger partial charge in [0.2, 0.25) is 5.91 Å². The van der Waals surface area contributed by atoms with Crippen LogP contribution in [0.4, 0.5) is 5.69 Å². The van der Waals surface area contributed by atoms with E-state index in [1.807, 2.05) is 18.4 Å². The van der Waals surface area contributed by atoms with Crippen molar-refractivity contribution in [1.82, 2.24) is 5.32 Å². The number of amides is 2. The number of hydrogen-bond donors (Lipinski definition) is 2. The number of carbonyl (C=O) groups is 2. The number of anilines is 1. The fourth-order valence-corrected chi connectivity index (χ4v) is 2.34. The smallest absolute Gasteiger partial charge is 0.266 e. The van der Waals surface area contributed by atoms with Gasteiger partial charge in [-0.1, -0.05) is 12.1 Å². The molecule has 1 aliphatic heterocycles. The summed E-state index contributed by atoms with van der Waals surface area (Å²) in [5.74, 6) is 1.18. The first kappa shape index (κ1) is 14.7. The maximum absolute atomic E-state index is 11.8. The quantitative estimate of drug-likeness (QED) is 0.783. The molecule has 20 heavy (non-hydrogen) atoms. The van der Waals surface area contributed by atoms with Gasteiger partial charge in [-0.25, -0.2) is 0 Å². The van der Waals surface area contributed by atoms with E-state index in [2.05, 4.69) is 10.6 Å². The Labute approximate surface area is 122 Å². The molecule has 0 bridgehead atoms. The lowest BCUT2D eigenvalue weighted by atomic mass is 10.1. The van der Waals surface area contributed by atoms with E-state index < -0.39 is 6.10 Å². The van der Waals surface area contributed by atoms with Crippen LogP contribution in [0.1, 0.15) is 12.8 Å². The third kappa shape index (κ3) is 3.90. The van der Waals surface area contributed by atoms with Crippen LogP contribution in [-0.2, 0) is 9.59 Å². The van der Waals surface area contributed by atoms with Gasteiger partial charge in [-0.2, -0.15) is 11.8 Å². The van der Waals surface area contributed by atoms with Crippen LogP contribution in [-0.4, -0.2) is 36.5 Å². The van der Waals surface area contributed by atoms with Gasteiger partial charge in [-0.05, 0) is 30.6 Å². The van der Waals surface area contributed by atoms with Gasteiger partial charge in [0.25, 0.3) is 5.91 Å². The summed E-state index contributed by atoms with van der Waals surface area (Å²) < 4.78 is 5.57. The summed E-state index contributed by atoms with van der Waals surface area (Å²) in [6.45, 7) is 0.630. The lowest BCUT2D eigenvalue weighted by Crippen LogP contribution is -2.41. The van der Waals surface area contributed by atoms with Crippen molar-refractivity contribution >= 4 is 29.3 Å². The minimum atomic E-state index is -0.759. The van der Waals surface area contributed by atoms with Gasteiger partial charge >= 0.3 is 0 Å². The zero-order valence-electron chi connectivity index (χ0n) is 11.3. The van der Waals surface area contributed by atoms with Crippen molar-refractivity contribution in [2.75, 3.05) is 23.9 Å². The van der Waals surface area contributed by atoms with Crippen LogP contribution in [0.3, 0.4) is 0 Å². The van der Waals surface area contributed by atoms with Crippen LogP contribution >= 0.6 is 11.8 Å². The molecule has 6 heteroatoms. The first-order chi connectivity index (χ1) is 9.70. The number of ether oxygens (including phenoxy) is 1. The highest BCUT2D eigenvalue weighted by Crippen LogP contribution is 2.29. The average Bonchev–Trinajstić information content (AvgIpc) is 2.44. The van der Waals surface area contributed by atoms with Gasteiger partial charge in [-0.15, -0.1) is 0 Å². The Morgan fingerprint density at radius 2 is 2.25 bits per heavy atom. The van der Waals surface area contributed by atoms with Gasteiger partial charge in [0, 0.05) is 6.54 Å². The number of benzene rings is 1. The molecule has 1 aromatic carbocycles. The maximum atomic E-state index is 11.8. The Bertz CT molecular complexity index is 493. The predicted molar refractivity (Wildman–Crippen MR) is 80.1 cm³/mol. The molecule has 2 N–H and O–H groups in total. The largest absolute Gasteiger partial charge is 0.478 e. The molecule has 1 aliphatic rings. The zero-order chi connectivity index (χ0) is 14.4. The third-order valence-corrected chi connectivity index (χ3v) is 3.62. The van der Waals surface area contributed by atoms with Crippen molar-refractivity contribution in [3.63, 3.8) is 0 Å². The summed E-state index contributed by atoms with van der Waals surface area (Å²) in [5, 5.41) is 5.54. The Morgan fingerprint density at radius 1 is 1.45 bits per heavy atom. The van der Waals surface area contributed by atoms with Crippen molar-refractivity contribution in [2.24, 2.45) is 0 Å². The van der Waals surface area contributed by atoms with Crippen LogP contribution in [0.2, 0.25) is 0 Å². The van der Waals surface area contributed by atoms with Gasteiger partial charge in [0.05, 0.1) is 12.1 Å². The fourth-order valence-electron chi connectivity index (χ4n) is 1.91. The highest BCUT2D eigenvalue weighted by Gasteiger charge is 2.29. The van der Waals surface area contributed by atoms with Gasteiger partial charge < -0.3 is 15.4 Å². The number of carbonyl (C=O) groups excluding carboxylic acids is 2. The van der Waals surface area contributed by atoms with E-state index in [1.165, 1.54) is 0 Å². The molecule has 0 fully saturated rings. The van der Waals surface area contributed by atoms with Crippen LogP contribution in [0.25, 0.3) is 0 Å². The summed E-state index contributed by atoms with van der Waals surface area (Å²) in [4.78, 5) is 23.6. The molecule has 2 rings (SSSR count). The van der Waals surface area contributed by atoms with E-state index in [0.29, 0.717) is 18.0 Å². The van der Waals surface area contributed by atoms with Crippen LogP contribution in [0.15, 0.2) is 24.3 Å². The maximum Gasteiger partial charge on any atom is 0.266 e. The predicted octanol–water partition coefficient (Wildman–Crippen LogP) is 1.65. The number of hydrogen-bond acceptors (Lipinski definition) is 4. The SMILES string of the molecule is CSCCCNC(=O)CC1Oc2ccccc2NC1=O. The number of nitrogens with one attached hydrogen (secondary N) is 2. The first-order valence-electron chi connectivity index (χ1n) is 6.53. The second-order valence-corrected chi connectivity index (χ2v) is 5.48. The molecule has 5 nitrogen and oxygen atoms in total. The molecule has 1 unspecified atom stereocenters. The van der Waals surface area contributed by atoms with Crippen molar-refractivity contribution in [3.05, 3.63) is 24.3 Å². The molecular formula is C14H18N2O3S. The van der Waals surface area contributed by atoms with E-state index in [0.717, 1.165) is 12.2 Å². The van der Waals surface area contributed by atoms with Crippen LogP contribution < -0.4 is 15.4 Å². The molecule has 0 aliphatic carbocycles. The molecule has 0 spiro atoms. The second-order valence-electron chi connectivity index (χ2n) is 4.49. The van der Waals surface area contributed by atoms with E-state index in [-0.39, 0.29) is 18.2 Å². The molecule has 0 radical (unpaired) electrons. The molecule has 0 aromatic heterocycles. The zero-order valence-corrected chi connectivity index (χ0v) is 12.2. The van der Waals surface area contributed by atoms with Crippen molar-refractivity contribution < 1.29 is 14.3 Å². The first-order valence-corrected chi connectivity index (χ1v) is 7.92. The molecule has 1 atom stereocenters. The number of thioether (sulfide) groups is 1. The lowest BCUT2D eigenvalue weighted by molar-refractivity contribution is -0.130. The summed E-state index contributed by atoms with van der Waals surface area (Å²) in [5.41, 5.74) is 0.647. The summed E-state index contributed by atoms with van der Waals surface area (Å²) in [6.07, 6.45) is 2.23. The topological polar surface area (TPSA) is 67.4 Å². The van der Waals surface area contributed by atoms with Gasteiger partial charge in [-0.3, -0.25) is 9.59 Å². The van der Waals surface area contributed by atoms with E-state index >= 15 is 0 Å². The van der Waals surface area contributed by atoms with Gasteiger partial charge in [0.15, 0.2) is 6.10 Å². The van der Waals surface area contributed by atoms with Crippen molar-refractivity contribution in [3.8, 4) is 5.75 Å². The normalized spacial score (nSPS) is 16.9. The molecule has 0 saturated carbocycles. The lowest BCUT2D eigenvalue weighted by Gasteiger charge is -2.25. The molecular weight excluding hydrogens is 276 g/mol. The Kier molecular flexibility index (Phi) is 5.29. The standard InChI is InChI=1S/C14H18N2O3S/c1-20-8-4-7-15-13(17)9-12-14(18)16-10-5-2-3-6-11(10)19-12/h2-3,5-6,12H,4,7-9H2,1H3,(H,15,17)(H,16,18). The van der Waals surface area contributed by atoms with E-state index in [1.54, 1.807) is 23.9 Å². The Balaban J connectivity index is 1.84. The number of fused-ring (bicyclic) bond motifs is 1. The van der Waals surface area contributed by atoms with Crippen LogP contribution in [0, 0.1) is 0 Å². The van der Waals surface area contributed by atoms with Crippen LogP contribution in [0.5, 0.6) is 5.75 Å². The molecule has 1 heterocycles. The minimum Gasteiger partial charge on any atom is -0.478 e. The highest BCUT2D eigenvalue weighted by molar-refractivity contribution is 7.98. The highest BCUT2D eigenvalue weighted by atomic mass is 32.2. The summed E-state index contributed by atoms with van der Waals surface area (Å²) >= 11 is 1.74. The average molecular weight is 294 g/mol. The molecule has 1 aromatic rings. The molecule has 2 amide bonds. The molecule has 0 saturated heterocycles. The Morgan fingerprint density at radius 3 is 3.05 bits per heavy atom. The number of rotatable bonds is 6. The van der Waals surface area contributed by atoms with E-state index in [4.69, 9.17) is 4.74 Å². The van der Waals surface area contributed by atoms with E-state index in [9.17, 15) is 9.59 Å².